The van der Waals surface area contributed by atoms with Gasteiger partial charge < -0.3 is 10.4 Å². The number of likely N-dealkylation sites (tertiary alicyclic amines) is 1. The van der Waals surface area contributed by atoms with Crippen molar-refractivity contribution >= 4 is 5.97 Å². The molecule has 0 aromatic heterocycles. The van der Waals surface area contributed by atoms with Crippen LogP contribution in [0, 0.1) is 0 Å². The van der Waals surface area contributed by atoms with Crippen molar-refractivity contribution < 1.29 is 9.90 Å². The van der Waals surface area contributed by atoms with Crippen molar-refractivity contribution in [2.75, 3.05) is 19.6 Å². The van der Waals surface area contributed by atoms with Gasteiger partial charge in [-0.15, -0.1) is 0 Å². The van der Waals surface area contributed by atoms with E-state index >= 15 is 0 Å². The highest BCUT2D eigenvalue weighted by Crippen LogP contribution is 2.11. The first-order chi connectivity index (χ1) is 9.66. The van der Waals surface area contributed by atoms with Gasteiger partial charge in [0.25, 0.3) is 0 Å². The van der Waals surface area contributed by atoms with Gasteiger partial charge in [0.05, 0.1) is 5.56 Å². The van der Waals surface area contributed by atoms with Crippen LogP contribution in [0.15, 0.2) is 24.3 Å². The standard InChI is InChI=1S/C16H24N2O2/c1-13(18-8-3-2-4-9-18)11-17-12-14-6-5-7-15(10-14)16(19)20/h5-7,10,13,17H,2-4,8-9,11-12H2,1H3,(H,19,20). The van der Waals surface area contributed by atoms with Crippen molar-refractivity contribution in [2.45, 2.75) is 38.8 Å². The Hall–Kier alpha value is -1.39. The Morgan fingerprint density at radius 3 is 2.80 bits per heavy atom. The molecule has 1 fully saturated rings. The largest absolute Gasteiger partial charge is 0.478 e. The average Bonchev–Trinajstić information content (AvgIpc) is 2.48. The molecule has 0 bridgehead atoms. The molecule has 1 aromatic carbocycles. The summed E-state index contributed by atoms with van der Waals surface area (Å²) in [4.78, 5) is 13.4. The van der Waals surface area contributed by atoms with Crippen LogP contribution in [0.4, 0.5) is 0 Å². The van der Waals surface area contributed by atoms with Crippen molar-refractivity contribution in [1.29, 1.82) is 0 Å². The molecule has 0 radical (unpaired) electrons. The molecule has 2 rings (SSSR count). The molecule has 0 spiro atoms. The molecule has 0 amide bonds. The summed E-state index contributed by atoms with van der Waals surface area (Å²) in [6.45, 7) is 6.33. The smallest absolute Gasteiger partial charge is 0.335 e. The lowest BCUT2D eigenvalue weighted by Crippen LogP contribution is -2.42. The van der Waals surface area contributed by atoms with Crippen LogP contribution in [-0.4, -0.2) is 41.7 Å². The summed E-state index contributed by atoms with van der Waals surface area (Å²) in [6, 6.07) is 7.67. The third-order valence-electron chi connectivity index (χ3n) is 3.96. The van der Waals surface area contributed by atoms with Gasteiger partial charge in [0, 0.05) is 19.1 Å². The van der Waals surface area contributed by atoms with E-state index in [1.165, 1.54) is 32.4 Å². The van der Waals surface area contributed by atoms with Gasteiger partial charge in [-0.25, -0.2) is 4.79 Å². The Kier molecular flexibility index (Phi) is 5.56. The van der Waals surface area contributed by atoms with Crippen molar-refractivity contribution in [2.24, 2.45) is 0 Å². The van der Waals surface area contributed by atoms with E-state index in [1.54, 1.807) is 18.2 Å². The summed E-state index contributed by atoms with van der Waals surface area (Å²) in [7, 11) is 0. The summed E-state index contributed by atoms with van der Waals surface area (Å²) >= 11 is 0. The van der Waals surface area contributed by atoms with Crippen molar-refractivity contribution in [3.8, 4) is 0 Å². The number of benzene rings is 1. The van der Waals surface area contributed by atoms with E-state index in [4.69, 9.17) is 5.11 Å². The minimum atomic E-state index is -0.867. The number of piperidine rings is 1. The van der Waals surface area contributed by atoms with Gasteiger partial charge in [0.15, 0.2) is 0 Å². The number of carboxylic acid groups (broad SMARTS) is 1. The molecule has 1 heterocycles. The zero-order valence-electron chi connectivity index (χ0n) is 12.1. The summed E-state index contributed by atoms with van der Waals surface area (Å²) in [5, 5.41) is 12.4. The molecule has 110 valence electrons. The molecule has 1 aromatic rings. The molecule has 1 atom stereocenters. The highest BCUT2D eigenvalue weighted by Gasteiger charge is 2.15. The van der Waals surface area contributed by atoms with Crippen LogP contribution in [0.1, 0.15) is 42.1 Å². The molecule has 1 unspecified atom stereocenters. The van der Waals surface area contributed by atoms with Gasteiger partial charge in [-0.05, 0) is 50.6 Å². The fraction of sp³-hybridized carbons (Fsp3) is 0.562. The van der Waals surface area contributed by atoms with Gasteiger partial charge in [-0.1, -0.05) is 18.6 Å². The zero-order valence-corrected chi connectivity index (χ0v) is 12.1. The van der Waals surface area contributed by atoms with Gasteiger partial charge in [0.1, 0.15) is 0 Å². The van der Waals surface area contributed by atoms with E-state index in [0.717, 1.165) is 18.7 Å². The molecule has 2 N–H and O–H groups in total. The number of aromatic carboxylic acids is 1. The van der Waals surface area contributed by atoms with Gasteiger partial charge in [0.2, 0.25) is 0 Å². The highest BCUT2D eigenvalue weighted by molar-refractivity contribution is 5.87. The van der Waals surface area contributed by atoms with Crippen molar-refractivity contribution in [3.63, 3.8) is 0 Å². The first kappa shape index (κ1) is 15.0. The predicted molar refractivity (Wildman–Crippen MR) is 80.0 cm³/mol. The van der Waals surface area contributed by atoms with E-state index in [1.807, 2.05) is 6.07 Å². The summed E-state index contributed by atoms with van der Waals surface area (Å²) in [5.41, 5.74) is 1.38. The second-order valence-corrected chi connectivity index (χ2v) is 5.58. The normalized spacial score (nSPS) is 17.9. The van der Waals surface area contributed by atoms with Crippen LogP contribution in [0.25, 0.3) is 0 Å². The molecule has 4 nitrogen and oxygen atoms in total. The summed E-state index contributed by atoms with van der Waals surface area (Å²) in [5.74, 6) is -0.867. The number of carbonyl (C=O) groups is 1. The molecule has 0 aliphatic carbocycles. The van der Waals surface area contributed by atoms with Gasteiger partial charge in [-0.3, -0.25) is 4.90 Å². The maximum Gasteiger partial charge on any atom is 0.335 e. The maximum absolute atomic E-state index is 10.9. The quantitative estimate of drug-likeness (QED) is 0.837. The van der Waals surface area contributed by atoms with Crippen molar-refractivity contribution in [1.82, 2.24) is 10.2 Å². The van der Waals surface area contributed by atoms with Crippen LogP contribution in [0.3, 0.4) is 0 Å². The third kappa shape index (κ3) is 4.32. The number of carboxylic acids is 1. The number of nitrogens with one attached hydrogen (secondary N) is 1. The molecule has 1 aliphatic rings. The molecular weight excluding hydrogens is 252 g/mol. The summed E-state index contributed by atoms with van der Waals surface area (Å²) < 4.78 is 0. The second kappa shape index (κ2) is 7.41. The van der Waals surface area contributed by atoms with Crippen LogP contribution < -0.4 is 5.32 Å². The minimum absolute atomic E-state index is 0.355. The molecular formula is C16H24N2O2. The monoisotopic (exact) mass is 276 g/mol. The van der Waals surface area contributed by atoms with Crippen LogP contribution in [0.2, 0.25) is 0 Å². The highest BCUT2D eigenvalue weighted by atomic mass is 16.4. The molecule has 1 aliphatic heterocycles. The van der Waals surface area contributed by atoms with Gasteiger partial charge >= 0.3 is 5.97 Å². The first-order valence-corrected chi connectivity index (χ1v) is 7.44. The lowest BCUT2D eigenvalue weighted by atomic mass is 10.1. The third-order valence-corrected chi connectivity index (χ3v) is 3.96. The molecule has 0 saturated carbocycles. The lowest BCUT2D eigenvalue weighted by molar-refractivity contribution is 0.0696. The fourth-order valence-electron chi connectivity index (χ4n) is 2.73. The fourth-order valence-corrected chi connectivity index (χ4v) is 2.73. The van der Waals surface area contributed by atoms with Gasteiger partial charge in [-0.2, -0.15) is 0 Å². The molecule has 20 heavy (non-hydrogen) atoms. The zero-order chi connectivity index (χ0) is 14.4. The Labute approximate surface area is 120 Å². The van der Waals surface area contributed by atoms with Crippen LogP contribution >= 0.6 is 0 Å². The van der Waals surface area contributed by atoms with E-state index in [2.05, 4.69) is 17.1 Å². The Bertz CT molecular complexity index is 442. The van der Waals surface area contributed by atoms with E-state index in [9.17, 15) is 4.79 Å². The first-order valence-electron chi connectivity index (χ1n) is 7.44. The Morgan fingerprint density at radius 1 is 1.35 bits per heavy atom. The molecule has 1 saturated heterocycles. The maximum atomic E-state index is 10.9. The summed E-state index contributed by atoms with van der Waals surface area (Å²) in [6.07, 6.45) is 3.98. The topological polar surface area (TPSA) is 52.6 Å². The molecule has 4 heteroatoms. The number of nitrogens with zero attached hydrogens (tertiary/aromatic N) is 1. The van der Waals surface area contributed by atoms with Crippen LogP contribution in [0.5, 0.6) is 0 Å². The predicted octanol–water partition coefficient (Wildman–Crippen LogP) is 2.35. The number of rotatable bonds is 6. The average molecular weight is 276 g/mol. The van der Waals surface area contributed by atoms with E-state index in [-0.39, 0.29) is 0 Å². The lowest BCUT2D eigenvalue weighted by Gasteiger charge is -2.32. The Balaban J connectivity index is 1.77. The van der Waals surface area contributed by atoms with Crippen molar-refractivity contribution in [3.05, 3.63) is 35.4 Å². The number of hydrogen-bond acceptors (Lipinski definition) is 3. The SMILES string of the molecule is CC(CNCc1cccc(C(=O)O)c1)N1CCCCC1. The van der Waals surface area contributed by atoms with E-state index < -0.39 is 5.97 Å². The minimum Gasteiger partial charge on any atom is -0.478 e. The second-order valence-electron chi connectivity index (χ2n) is 5.58. The Morgan fingerprint density at radius 2 is 2.10 bits per heavy atom. The number of hydrogen-bond donors (Lipinski definition) is 2. The van der Waals surface area contributed by atoms with Crippen LogP contribution in [-0.2, 0) is 6.54 Å². The van der Waals surface area contributed by atoms with E-state index in [0.29, 0.717) is 11.6 Å².